The van der Waals surface area contributed by atoms with Crippen LogP contribution in [0.15, 0.2) is 30.5 Å². The van der Waals surface area contributed by atoms with Gasteiger partial charge in [0, 0.05) is 82.5 Å². The van der Waals surface area contributed by atoms with Crippen molar-refractivity contribution in [1.29, 1.82) is 0 Å². The molecule has 3 aliphatic heterocycles. The Kier molecular flexibility index (Phi) is 9.22. The van der Waals surface area contributed by atoms with Crippen molar-refractivity contribution in [1.82, 2.24) is 24.1 Å². The Hall–Kier alpha value is -3.52. The van der Waals surface area contributed by atoms with E-state index in [0.717, 1.165) is 87.0 Å². The first-order valence-corrected chi connectivity index (χ1v) is 15.9. The van der Waals surface area contributed by atoms with Crippen molar-refractivity contribution in [2.24, 2.45) is 5.73 Å². The van der Waals surface area contributed by atoms with Gasteiger partial charge in [0.1, 0.15) is 11.4 Å². The molecule has 0 radical (unpaired) electrons. The Bertz CT molecular complexity index is 1380. The molecule has 0 spiro atoms. The maximum absolute atomic E-state index is 12.6. The van der Waals surface area contributed by atoms with Gasteiger partial charge in [0.2, 0.25) is 0 Å². The summed E-state index contributed by atoms with van der Waals surface area (Å²) in [5.74, 6) is 0.970. The fraction of sp³-hybridized carbons (Fsp3) is 0.533. The van der Waals surface area contributed by atoms with Crippen LogP contribution in [0.3, 0.4) is 0 Å². The Morgan fingerprint density at radius 2 is 1.79 bits per heavy atom. The van der Waals surface area contributed by atoms with Crippen LogP contribution in [0.4, 0.5) is 23.0 Å². The minimum absolute atomic E-state index is 0.0648. The van der Waals surface area contributed by atoms with Crippen molar-refractivity contribution < 1.29 is 14.3 Å². The second kappa shape index (κ2) is 13.4. The standard InChI is InChI=1S/C30H41N9O3S/c1-37-13-15-38(16-14-37)22-6-11-39(12-7-22)23-4-3-21(19-24(23)41-2)34-30-27(28(31)40)35-26(25-5-10-32-43-25)29(36-30)33-20-8-17-42-18-9-20/h3-5,10,19-20,22H,6-9,11-18H2,1-2H3,(H2,31,40)(H2,33,34,36). The summed E-state index contributed by atoms with van der Waals surface area (Å²) in [6.45, 7) is 7.93. The number of amides is 1. The zero-order valence-electron chi connectivity index (χ0n) is 24.9. The van der Waals surface area contributed by atoms with Gasteiger partial charge in [0.05, 0.1) is 17.7 Å². The number of nitrogens with two attached hydrogens (primary N) is 1. The molecule has 13 heteroatoms. The molecule has 2 aromatic heterocycles. The van der Waals surface area contributed by atoms with Gasteiger partial charge in [-0.2, -0.15) is 0 Å². The van der Waals surface area contributed by atoms with Gasteiger partial charge in [-0.1, -0.05) is 0 Å². The summed E-state index contributed by atoms with van der Waals surface area (Å²) < 4.78 is 15.6. The Labute approximate surface area is 256 Å². The van der Waals surface area contributed by atoms with Crippen LogP contribution in [0.25, 0.3) is 10.6 Å². The smallest absolute Gasteiger partial charge is 0.271 e. The number of ether oxygens (including phenoxy) is 2. The highest BCUT2D eigenvalue weighted by Gasteiger charge is 2.28. The summed E-state index contributed by atoms with van der Waals surface area (Å²) in [7, 11) is 3.89. The summed E-state index contributed by atoms with van der Waals surface area (Å²) in [5.41, 5.74) is 8.22. The number of primary amides is 1. The fourth-order valence-corrected chi connectivity index (χ4v) is 6.74. The lowest BCUT2D eigenvalue weighted by atomic mass is 10.0. The lowest BCUT2D eigenvalue weighted by molar-refractivity contribution is 0.0904. The molecule has 0 atom stereocenters. The van der Waals surface area contributed by atoms with Gasteiger partial charge in [0.15, 0.2) is 17.3 Å². The predicted octanol–water partition coefficient (Wildman–Crippen LogP) is 3.26. The van der Waals surface area contributed by atoms with Crippen LogP contribution in [0, 0.1) is 0 Å². The fourth-order valence-electron chi connectivity index (χ4n) is 6.15. The quantitative estimate of drug-likeness (QED) is 0.331. The average Bonchev–Trinajstić information content (AvgIpc) is 3.57. The van der Waals surface area contributed by atoms with Gasteiger partial charge in [-0.05, 0) is 62.5 Å². The molecule has 43 heavy (non-hydrogen) atoms. The zero-order chi connectivity index (χ0) is 29.8. The third-order valence-corrected chi connectivity index (χ3v) is 9.42. The highest BCUT2D eigenvalue weighted by Crippen LogP contribution is 2.36. The van der Waals surface area contributed by atoms with Crippen LogP contribution < -0.4 is 26.0 Å². The Morgan fingerprint density at radius 3 is 2.47 bits per heavy atom. The van der Waals surface area contributed by atoms with Crippen molar-refractivity contribution in [2.75, 3.05) is 82.2 Å². The normalized spacial score (nSPS) is 19.3. The van der Waals surface area contributed by atoms with E-state index in [1.165, 1.54) is 11.5 Å². The topological polar surface area (TPSA) is 134 Å². The number of piperazine rings is 1. The molecule has 3 aliphatic rings. The van der Waals surface area contributed by atoms with E-state index in [4.69, 9.17) is 25.2 Å². The molecule has 6 rings (SSSR count). The van der Waals surface area contributed by atoms with E-state index in [9.17, 15) is 4.79 Å². The molecule has 3 fully saturated rings. The predicted molar refractivity (Wildman–Crippen MR) is 170 cm³/mol. The number of anilines is 4. The largest absolute Gasteiger partial charge is 0.495 e. The number of rotatable bonds is 9. The molecule has 3 aromatic rings. The van der Waals surface area contributed by atoms with Crippen molar-refractivity contribution in [3.8, 4) is 16.3 Å². The van der Waals surface area contributed by atoms with Gasteiger partial charge in [-0.25, -0.2) is 14.3 Å². The van der Waals surface area contributed by atoms with E-state index < -0.39 is 5.91 Å². The summed E-state index contributed by atoms with van der Waals surface area (Å²) in [6, 6.07) is 8.68. The van der Waals surface area contributed by atoms with Gasteiger partial charge < -0.3 is 35.6 Å². The van der Waals surface area contributed by atoms with E-state index in [0.29, 0.717) is 30.8 Å². The monoisotopic (exact) mass is 607 g/mol. The molecule has 1 aromatic carbocycles. The second-order valence-corrected chi connectivity index (χ2v) is 12.3. The lowest BCUT2D eigenvalue weighted by Crippen LogP contribution is -2.52. The summed E-state index contributed by atoms with van der Waals surface area (Å²) >= 11 is 1.30. The SMILES string of the molecule is COc1cc(Nc2nc(NC3CCOCC3)c(-c3ccns3)nc2C(N)=O)ccc1N1CCC(N2CCN(C)CC2)CC1. The van der Waals surface area contributed by atoms with Crippen molar-refractivity contribution in [3.63, 3.8) is 0 Å². The summed E-state index contributed by atoms with van der Waals surface area (Å²) in [6.07, 6.45) is 5.70. The summed E-state index contributed by atoms with van der Waals surface area (Å²) in [5, 5.41) is 6.83. The van der Waals surface area contributed by atoms with Gasteiger partial charge in [0.25, 0.3) is 5.91 Å². The molecule has 0 saturated carbocycles. The number of carbonyl (C=O) groups is 1. The molecular formula is C30H41N9O3S. The van der Waals surface area contributed by atoms with E-state index in [2.05, 4.69) is 42.8 Å². The molecule has 0 bridgehead atoms. The number of methoxy groups -OCH3 is 1. The molecule has 1 amide bonds. The molecule has 12 nitrogen and oxygen atoms in total. The molecular weight excluding hydrogens is 566 g/mol. The highest BCUT2D eigenvalue weighted by atomic mass is 32.1. The molecule has 4 N–H and O–H groups in total. The van der Waals surface area contributed by atoms with Crippen LogP contribution in [0.1, 0.15) is 36.2 Å². The number of likely N-dealkylation sites (N-methyl/N-ethyl adjacent to an activating group) is 1. The third kappa shape index (κ3) is 6.85. The zero-order valence-corrected chi connectivity index (χ0v) is 25.7. The van der Waals surface area contributed by atoms with E-state index in [1.54, 1.807) is 13.3 Å². The highest BCUT2D eigenvalue weighted by molar-refractivity contribution is 7.09. The first-order valence-electron chi connectivity index (χ1n) is 15.1. The van der Waals surface area contributed by atoms with Gasteiger partial charge >= 0.3 is 0 Å². The molecule has 230 valence electrons. The van der Waals surface area contributed by atoms with Gasteiger partial charge in [-0.15, -0.1) is 0 Å². The number of piperidine rings is 1. The van der Waals surface area contributed by atoms with E-state index in [-0.39, 0.29) is 17.6 Å². The van der Waals surface area contributed by atoms with Crippen LogP contribution in [-0.2, 0) is 4.74 Å². The number of carbonyl (C=O) groups excluding carboxylic acids is 1. The van der Waals surface area contributed by atoms with Crippen LogP contribution >= 0.6 is 11.5 Å². The molecule has 0 aliphatic carbocycles. The first kappa shape index (κ1) is 29.5. The lowest BCUT2D eigenvalue weighted by Gasteiger charge is -2.42. The van der Waals surface area contributed by atoms with E-state index in [1.807, 2.05) is 18.2 Å². The third-order valence-electron chi connectivity index (χ3n) is 8.66. The maximum atomic E-state index is 12.6. The van der Waals surface area contributed by atoms with Gasteiger partial charge in [-0.3, -0.25) is 9.69 Å². The minimum atomic E-state index is -0.662. The Morgan fingerprint density at radius 1 is 1.02 bits per heavy atom. The van der Waals surface area contributed by atoms with E-state index >= 15 is 0 Å². The average molecular weight is 608 g/mol. The van der Waals surface area contributed by atoms with Crippen LogP contribution in [0.5, 0.6) is 5.75 Å². The summed E-state index contributed by atoms with van der Waals surface area (Å²) in [4.78, 5) is 30.4. The molecule has 0 unspecified atom stereocenters. The second-order valence-electron chi connectivity index (χ2n) is 11.5. The van der Waals surface area contributed by atoms with Crippen molar-refractivity contribution in [3.05, 3.63) is 36.2 Å². The number of aromatic nitrogens is 3. The maximum Gasteiger partial charge on any atom is 0.271 e. The number of nitrogens with zero attached hydrogens (tertiary/aromatic N) is 6. The number of benzene rings is 1. The minimum Gasteiger partial charge on any atom is -0.495 e. The van der Waals surface area contributed by atoms with Crippen molar-refractivity contribution >= 4 is 40.5 Å². The van der Waals surface area contributed by atoms with Crippen LogP contribution in [0.2, 0.25) is 0 Å². The molecule has 5 heterocycles. The van der Waals surface area contributed by atoms with Crippen molar-refractivity contribution in [2.45, 2.75) is 37.8 Å². The Balaban J connectivity index is 1.22. The number of hydrogen-bond donors (Lipinski definition) is 3. The van der Waals surface area contributed by atoms with Crippen LogP contribution in [-0.4, -0.2) is 109 Å². The first-order chi connectivity index (χ1) is 21.0. The molecule has 3 saturated heterocycles. The number of hydrogen-bond acceptors (Lipinski definition) is 12. The number of nitrogens with one attached hydrogen (secondary N) is 2.